The van der Waals surface area contributed by atoms with E-state index in [2.05, 4.69) is 33.9 Å². The molecule has 1 N–H and O–H groups in total. The zero-order valence-corrected chi connectivity index (χ0v) is 25.9. The Hall–Kier alpha value is -3.01. The Bertz CT molecular complexity index is 1210. The van der Waals surface area contributed by atoms with E-state index in [1.54, 1.807) is 19.1 Å². The second-order valence-electron chi connectivity index (χ2n) is 11.2. The molecule has 0 bridgehead atoms. The number of benzene rings is 2. The lowest BCUT2D eigenvalue weighted by Gasteiger charge is -2.41. The summed E-state index contributed by atoms with van der Waals surface area (Å²) < 4.78 is 23.2. The lowest BCUT2D eigenvalue weighted by Crippen LogP contribution is -2.50. The Kier molecular flexibility index (Phi) is 10.7. The topological polar surface area (TPSA) is 94.5 Å². The average molecular weight is 590 g/mol. The van der Waals surface area contributed by atoms with Crippen molar-refractivity contribution in [1.82, 2.24) is 4.90 Å². The molecule has 0 spiro atoms. The molecule has 0 aliphatic carbocycles. The minimum Gasteiger partial charge on any atom is -0.490 e. The molecule has 218 valence electrons. The SMILES string of the molecule is CCOC(=O)C1=C(c2ccc(OCCOc3ccccc3Cl)cc2)CC(CO[Si](C)(C)C(C)(C)C)N(C(=O)O)C1. The highest BCUT2D eigenvalue weighted by molar-refractivity contribution is 6.74. The molecule has 8 nitrogen and oxygen atoms in total. The average Bonchev–Trinajstić information content (AvgIpc) is 2.90. The molecule has 0 aromatic heterocycles. The molecule has 1 aliphatic heterocycles. The molecule has 0 fully saturated rings. The van der Waals surface area contributed by atoms with Crippen molar-refractivity contribution in [2.45, 2.75) is 58.3 Å². The number of carbonyl (C=O) groups excluding carboxylic acids is 1. The van der Waals surface area contributed by atoms with Crippen LogP contribution in [0.3, 0.4) is 0 Å². The fraction of sp³-hybridized carbons (Fsp3) is 0.467. The van der Waals surface area contributed by atoms with Gasteiger partial charge in [-0.05, 0) is 66.9 Å². The third-order valence-electron chi connectivity index (χ3n) is 7.43. The van der Waals surface area contributed by atoms with Gasteiger partial charge < -0.3 is 23.7 Å². The lowest BCUT2D eigenvalue weighted by molar-refractivity contribution is -0.138. The summed E-state index contributed by atoms with van der Waals surface area (Å²) in [5.74, 6) is 0.733. The molecule has 1 unspecified atom stereocenters. The highest BCUT2D eigenvalue weighted by Gasteiger charge is 2.40. The standard InChI is InChI=1S/C30H40ClNO7Si/c1-7-36-28(33)25-19-32(29(34)35)22(20-39-40(5,6)30(2,3)4)18-24(25)21-12-14-23(15-13-21)37-16-17-38-27-11-9-8-10-26(27)31/h8-15,22H,7,16-20H2,1-6H3,(H,34,35). The van der Waals surface area contributed by atoms with Crippen LogP contribution in [0, 0.1) is 0 Å². The van der Waals surface area contributed by atoms with Gasteiger partial charge >= 0.3 is 12.1 Å². The summed E-state index contributed by atoms with van der Waals surface area (Å²) in [7, 11) is -2.12. The monoisotopic (exact) mass is 589 g/mol. The third kappa shape index (κ3) is 8.02. The van der Waals surface area contributed by atoms with E-state index in [4.69, 9.17) is 30.2 Å². The highest BCUT2D eigenvalue weighted by atomic mass is 35.5. The molecule has 40 heavy (non-hydrogen) atoms. The van der Waals surface area contributed by atoms with Crippen LogP contribution in [-0.2, 0) is 14.0 Å². The predicted molar refractivity (Wildman–Crippen MR) is 159 cm³/mol. The van der Waals surface area contributed by atoms with Crippen molar-refractivity contribution in [3.63, 3.8) is 0 Å². The maximum atomic E-state index is 12.9. The quantitative estimate of drug-likeness (QED) is 0.173. The van der Waals surface area contributed by atoms with E-state index in [-0.39, 0.29) is 24.8 Å². The first-order chi connectivity index (χ1) is 18.8. The summed E-state index contributed by atoms with van der Waals surface area (Å²) in [5.41, 5.74) is 1.91. The van der Waals surface area contributed by atoms with Crippen molar-refractivity contribution in [2.24, 2.45) is 0 Å². The molecular formula is C30H40ClNO7Si. The van der Waals surface area contributed by atoms with Crippen LogP contribution in [0.15, 0.2) is 54.1 Å². The fourth-order valence-corrected chi connectivity index (χ4v) is 5.31. The lowest BCUT2D eigenvalue weighted by atomic mass is 9.89. The first-order valence-electron chi connectivity index (χ1n) is 13.5. The maximum absolute atomic E-state index is 12.9. The predicted octanol–water partition coefficient (Wildman–Crippen LogP) is 6.89. The Balaban J connectivity index is 1.77. The Labute approximate surface area is 243 Å². The second-order valence-corrected chi connectivity index (χ2v) is 16.4. The molecule has 10 heteroatoms. The molecule has 0 radical (unpaired) electrons. The normalized spacial score (nSPS) is 16.1. The van der Waals surface area contributed by atoms with Gasteiger partial charge in [0.05, 0.1) is 36.4 Å². The number of amides is 1. The largest absolute Gasteiger partial charge is 0.490 e. The smallest absolute Gasteiger partial charge is 0.407 e. The number of carbonyl (C=O) groups is 2. The van der Waals surface area contributed by atoms with E-state index in [0.717, 1.165) is 11.1 Å². The first kappa shape index (κ1) is 31.5. The summed E-state index contributed by atoms with van der Waals surface area (Å²) in [6.45, 7) is 13.5. The summed E-state index contributed by atoms with van der Waals surface area (Å²) in [6, 6.07) is 14.2. The van der Waals surface area contributed by atoms with Crippen LogP contribution >= 0.6 is 11.6 Å². The number of carboxylic acid groups (broad SMARTS) is 1. The van der Waals surface area contributed by atoms with Gasteiger partial charge in [0.1, 0.15) is 24.7 Å². The minimum absolute atomic E-state index is 0.0152. The number of hydrogen-bond acceptors (Lipinski definition) is 6. The Morgan fingerprint density at radius 1 is 1.05 bits per heavy atom. The van der Waals surface area contributed by atoms with Crippen molar-refractivity contribution in [2.75, 3.05) is 33.0 Å². The third-order valence-corrected chi connectivity index (χ3v) is 12.2. The van der Waals surface area contributed by atoms with Gasteiger partial charge in [0.2, 0.25) is 0 Å². The van der Waals surface area contributed by atoms with E-state index in [1.807, 2.05) is 36.4 Å². The number of nitrogens with zero attached hydrogens (tertiary/aromatic N) is 1. The van der Waals surface area contributed by atoms with Crippen LogP contribution in [0.2, 0.25) is 23.2 Å². The molecule has 0 saturated carbocycles. The maximum Gasteiger partial charge on any atom is 0.407 e. The van der Waals surface area contributed by atoms with Crippen molar-refractivity contribution < 1.29 is 33.3 Å². The first-order valence-corrected chi connectivity index (χ1v) is 16.8. The molecule has 1 heterocycles. The van der Waals surface area contributed by atoms with Crippen molar-refractivity contribution in [3.8, 4) is 11.5 Å². The van der Waals surface area contributed by atoms with Gasteiger partial charge in [0.15, 0.2) is 8.32 Å². The summed E-state index contributed by atoms with van der Waals surface area (Å²) in [6.07, 6.45) is -0.756. The number of halogens is 1. The van der Waals surface area contributed by atoms with E-state index in [0.29, 0.717) is 41.7 Å². The Morgan fingerprint density at radius 2 is 1.70 bits per heavy atom. The van der Waals surface area contributed by atoms with E-state index in [9.17, 15) is 14.7 Å². The second kappa shape index (κ2) is 13.6. The molecule has 3 rings (SSSR count). The number of rotatable bonds is 11. The number of ether oxygens (including phenoxy) is 3. The van der Waals surface area contributed by atoms with E-state index < -0.39 is 26.4 Å². The van der Waals surface area contributed by atoms with E-state index in [1.165, 1.54) is 4.90 Å². The summed E-state index contributed by atoms with van der Waals surface area (Å²) >= 11 is 6.12. The van der Waals surface area contributed by atoms with Crippen LogP contribution in [0.4, 0.5) is 4.79 Å². The van der Waals surface area contributed by atoms with Gasteiger partial charge in [0, 0.05) is 0 Å². The molecule has 2 aromatic carbocycles. The van der Waals surface area contributed by atoms with Crippen LogP contribution in [0.1, 0.15) is 39.7 Å². The van der Waals surface area contributed by atoms with Crippen LogP contribution < -0.4 is 9.47 Å². The van der Waals surface area contributed by atoms with Gasteiger partial charge in [-0.1, -0.05) is 56.6 Å². The molecule has 2 aromatic rings. The number of hydrogen-bond donors (Lipinski definition) is 1. The van der Waals surface area contributed by atoms with Gasteiger partial charge in [-0.3, -0.25) is 4.90 Å². The minimum atomic E-state index is -2.12. The number of para-hydroxylation sites is 1. The Morgan fingerprint density at radius 3 is 2.30 bits per heavy atom. The van der Waals surface area contributed by atoms with Crippen LogP contribution in [0.25, 0.3) is 5.57 Å². The van der Waals surface area contributed by atoms with Gasteiger partial charge in [-0.25, -0.2) is 9.59 Å². The van der Waals surface area contributed by atoms with Crippen LogP contribution in [0.5, 0.6) is 11.5 Å². The van der Waals surface area contributed by atoms with Gasteiger partial charge in [0.25, 0.3) is 0 Å². The number of esters is 1. The zero-order chi connectivity index (χ0) is 29.5. The summed E-state index contributed by atoms with van der Waals surface area (Å²) in [5, 5.41) is 10.5. The molecule has 0 saturated heterocycles. The van der Waals surface area contributed by atoms with Crippen molar-refractivity contribution in [3.05, 3.63) is 64.7 Å². The summed E-state index contributed by atoms with van der Waals surface area (Å²) in [4.78, 5) is 26.4. The zero-order valence-electron chi connectivity index (χ0n) is 24.2. The fourth-order valence-electron chi connectivity index (χ4n) is 4.08. The van der Waals surface area contributed by atoms with Crippen molar-refractivity contribution >= 4 is 37.6 Å². The molecule has 1 atom stereocenters. The van der Waals surface area contributed by atoms with E-state index >= 15 is 0 Å². The highest BCUT2D eigenvalue weighted by Crippen LogP contribution is 2.38. The van der Waals surface area contributed by atoms with Gasteiger partial charge in [-0.2, -0.15) is 0 Å². The molecule has 1 aliphatic rings. The van der Waals surface area contributed by atoms with Gasteiger partial charge in [-0.15, -0.1) is 0 Å². The van der Waals surface area contributed by atoms with Crippen molar-refractivity contribution in [1.29, 1.82) is 0 Å². The van der Waals surface area contributed by atoms with Crippen LogP contribution in [-0.4, -0.2) is 69.4 Å². The molecule has 1 amide bonds. The molecular weight excluding hydrogens is 550 g/mol.